The summed E-state index contributed by atoms with van der Waals surface area (Å²) in [6.07, 6.45) is 0. The van der Waals surface area contributed by atoms with Crippen LogP contribution < -0.4 is 14.2 Å². The lowest BCUT2D eigenvalue weighted by molar-refractivity contribution is -0.110. The number of hydrogen-bond acceptors (Lipinski definition) is 6. The minimum atomic E-state index is -0.821. The zero-order chi connectivity index (χ0) is 18.1. The smallest absolute Gasteiger partial charge is 0.238 e. The maximum Gasteiger partial charge on any atom is 0.238 e. The highest BCUT2D eigenvalue weighted by molar-refractivity contribution is 6.62. The number of ether oxygens (including phenoxy) is 3. The van der Waals surface area contributed by atoms with Crippen molar-refractivity contribution in [1.82, 2.24) is 0 Å². The minimum absolute atomic E-state index is 0.153. The predicted molar refractivity (Wildman–Crippen MR) is 91.3 cm³/mol. The second-order valence-corrected chi connectivity index (χ2v) is 5.33. The molecule has 0 aliphatic heterocycles. The fourth-order valence-corrected chi connectivity index (χ4v) is 2.85. The van der Waals surface area contributed by atoms with Crippen LogP contribution in [0.1, 0.15) is 21.5 Å². The van der Waals surface area contributed by atoms with Crippen LogP contribution in [0.3, 0.4) is 0 Å². The number of aliphatic hydroxyl groups excluding tert-OH is 1. The van der Waals surface area contributed by atoms with E-state index in [2.05, 4.69) is 0 Å². The Morgan fingerprint density at radius 1 is 0.800 bits per heavy atom. The average Bonchev–Trinajstić information content (AvgIpc) is 2.66. The molecule has 6 nitrogen and oxygen atoms in total. The van der Waals surface area contributed by atoms with Crippen molar-refractivity contribution in [3.8, 4) is 17.2 Å². The molecule has 1 N–H and O–H groups in total. The molecule has 1 aliphatic rings. The van der Waals surface area contributed by atoms with Crippen molar-refractivity contribution < 1.29 is 28.9 Å². The SMILES string of the molecule is COc1cc(OC)c(C2=C(O)c3ccccc3C(=O)C2=O)c(OC)c1. The number of benzene rings is 2. The highest BCUT2D eigenvalue weighted by atomic mass is 16.5. The molecular weight excluding hydrogens is 324 g/mol. The van der Waals surface area contributed by atoms with Gasteiger partial charge in [0.05, 0.1) is 32.5 Å². The summed E-state index contributed by atoms with van der Waals surface area (Å²) in [6, 6.07) is 9.50. The van der Waals surface area contributed by atoms with Crippen LogP contribution in [0.4, 0.5) is 0 Å². The van der Waals surface area contributed by atoms with Crippen molar-refractivity contribution in [2.75, 3.05) is 21.3 Å². The molecular formula is C19H16O6. The summed E-state index contributed by atoms with van der Waals surface area (Å²) in [5, 5.41) is 10.7. The quantitative estimate of drug-likeness (QED) is 0.862. The van der Waals surface area contributed by atoms with E-state index in [0.717, 1.165) is 0 Å². The van der Waals surface area contributed by atoms with Crippen LogP contribution in [0.25, 0.3) is 11.3 Å². The van der Waals surface area contributed by atoms with Crippen molar-refractivity contribution in [3.63, 3.8) is 0 Å². The number of carbonyl (C=O) groups is 2. The molecule has 0 aromatic heterocycles. The first-order valence-corrected chi connectivity index (χ1v) is 7.45. The molecule has 0 spiro atoms. The van der Waals surface area contributed by atoms with Crippen LogP contribution in [0.5, 0.6) is 17.2 Å². The maximum atomic E-state index is 12.7. The lowest BCUT2D eigenvalue weighted by atomic mass is 9.84. The molecule has 0 saturated carbocycles. The number of fused-ring (bicyclic) bond motifs is 1. The van der Waals surface area contributed by atoms with Crippen LogP contribution >= 0.6 is 0 Å². The second kappa shape index (κ2) is 6.32. The molecule has 1 aliphatic carbocycles. The monoisotopic (exact) mass is 340 g/mol. The van der Waals surface area contributed by atoms with Crippen LogP contribution in [0, 0.1) is 0 Å². The highest BCUT2D eigenvalue weighted by Crippen LogP contribution is 2.43. The largest absolute Gasteiger partial charge is 0.506 e. The molecule has 0 radical (unpaired) electrons. The number of aliphatic hydroxyl groups is 1. The first kappa shape index (κ1) is 16.6. The third-order valence-corrected chi connectivity index (χ3v) is 4.06. The molecule has 0 fully saturated rings. The summed E-state index contributed by atoms with van der Waals surface area (Å²) in [4.78, 5) is 25.1. The van der Waals surface area contributed by atoms with Gasteiger partial charge in [0.15, 0.2) is 0 Å². The molecule has 0 unspecified atom stereocenters. The van der Waals surface area contributed by atoms with E-state index in [1.807, 2.05) is 0 Å². The number of rotatable bonds is 4. The molecule has 2 aromatic rings. The molecule has 0 heterocycles. The fraction of sp³-hybridized carbons (Fsp3) is 0.158. The number of Topliss-reactive ketones (excluding diaryl/α,β-unsaturated/α-hetero) is 2. The molecule has 3 rings (SSSR count). The van der Waals surface area contributed by atoms with Gasteiger partial charge in [0.2, 0.25) is 11.6 Å². The summed E-state index contributed by atoms with van der Waals surface area (Å²) in [5.74, 6) is -0.854. The van der Waals surface area contributed by atoms with Gasteiger partial charge in [-0.3, -0.25) is 9.59 Å². The summed E-state index contributed by atoms with van der Waals surface area (Å²) >= 11 is 0. The van der Waals surface area contributed by atoms with Crippen LogP contribution in [-0.4, -0.2) is 38.0 Å². The number of methoxy groups -OCH3 is 3. The second-order valence-electron chi connectivity index (χ2n) is 5.33. The topological polar surface area (TPSA) is 82.1 Å². The summed E-state index contributed by atoms with van der Waals surface area (Å²) in [6.45, 7) is 0. The van der Waals surface area contributed by atoms with Crippen molar-refractivity contribution in [1.29, 1.82) is 0 Å². The Hall–Kier alpha value is -3.28. The van der Waals surface area contributed by atoms with Crippen molar-refractivity contribution in [2.24, 2.45) is 0 Å². The molecule has 0 atom stereocenters. The van der Waals surface area contributed by atoms with Crippen LogP contribution in [0.15, 0.2) is 36.4 Å². The van der Waals surface area contributed by atoms with Gasteiger partial charge in [0, 0.05) is 23.3 Å². The molecule has 0 bridgehead atoms. The Kier molecular flexibility index (Phi) is 4.19. The van der Waals surface area contributed by atoms with Crippen molar-refractivity contribution >= 4 is 22.9 Å². The Bertz CT molecular complexity index is 885. The Morgan fingerprint density at radius 2 is 1.36 bits per heavy atom. The van der Waals surface area contributed by atoms with E-state index in [1.165, 1.54) is 27.4 Å². The number of ketones is 2. The van der Waals surface area contributed by atoms with Crippen molar-refractivity contribution in [2.45, 2.75) is 0 Å². The first-order valence-electron chi connectivity index (χ1n) is 7.45. The van der Waals surface area contributed by atoms with E-state index in [4.69, 9.17) is 14.2 Å². The van der Waals surface area contributed by atoms with E-state index in [1.54, 1.807) is 30.3 Å². The highest BCUT2D eigenvalue weighted by Gasteiger charge is 2.36. The van der Waals surface area contributed by atoms with Crippen LogP contribution in [0.2, 0.25) is 0 Å². The third kappa shape index (κ3) is 2.52. The Morgan fingerprint density at radius 3 is 1.88 bits per heavy atom. The lowest BCUT2D eigenvalue weighted by Crippen LogP contribution is -2.23. The predicted octanol–water partition coefficient (Wildman–Crippen LogP) is 2.90. The van der Waals surface area contributed by atoms with Gasteiger partial charge in [-0.05, 0) is 0 Å². The molecule has 0 amide bonds. The standard InChI is InChI=1S/C19H16O6/c1-23-10-8-13(24-2)15(14(9-10)25-3)16-17(20)11-6-4-5-7-12(11)18(21)19(16)22/h4-9,20H,1-3H3. The zero-order valence-corrected chi connectivity index (χ0v) is 14.0. The normalized spacial score (nSPS) is 13.6. The van der Waals surface area contributed by atoms with Gasteiger partial charge in [0.25, 0.3) is 0 Å². The first-order chi connectivity index (χ1) is 12.0. The summed E-state index contributed by atoms with van der Waals surface area (Å²) in [7, 11) is 4.31. The van der Waals surface area contributed by atoms with E-state index in [9.17, 15) is 14.7 Å². The van der Waals surface area contributed by atoms with Gasteiger partial charge < -0.3 is 19.3 Å². The van der Waals surface area contributed by atoms with E-state index in [0.29, 0.717) is 11.3 Å². The molecule has 25 heavy (non-hydrogen) atoms. The third-order valence-electron chi connectivity index (χ3n) is 4.06. The fourth-order valence-electron chi connectivity index (χ4n) is 2.85. The average molecular weight is 340 g/mol. The van der Waals surface area contributed by atoms with E-state index < -0.39 is 11.6 Å². The van der Waals surface area contributed by atoms with E-state index >= 15 is 0 Å². The minimum Gasteiger partial charge on any atom is -0.506 e. The molecule has 2 aromatic carbocycles. The van der Waals surface area contributed by atoms with Crippen molar-refractivity contribution in [3.05, 3.63) is 53.1 Å². The number of allylic oxidation sites excluding steroid dienone is 1. The molecule has 0 saturated heterocycles. The van der Waals surface area contributed by atoms with Gasteiger partial charge in [-0.15, -0.1) is 0 Å². The van der Waals surface area contributed by atoms with Gasteiger partial charge >= 0.3 is 0 Å². The summed E-state index contributed by atoms with van der Waals surface area (Å²) in [5.41, 5.74) is 0.512. The number of hydrogen-bond donors (Lipinski definition) is 1. The van der Waals surface area contributed by atoms with Gasteiger partial charge in [-0.25, -0.2) is 0 Å². The van der Waals surface area contributed by atoms with Gasteiger partial charge in [-0.2, -0.15) is 0 Å². The molecule has 6 heteroatoms. The Labute approximate surface area is 144 Å². The Balaban J connectivity index is 2.36. The van der Waals surface area contributed by atoms with E-state index in [-0.39, 0.29) is 34.0 Å². The molecule has 128 valence electrons. The van der Waals surface area contributed by atoms with Gasteiger partial charge in [-0.1, -0.05) is 24.3 Å². The number of carbonyl (C=O) groups excluding carboxylic acids is 2. The maximum absolute atomic E-state index is 12.7. The zero-order valence-electron chi connectivity index (χ0n) is 14.0. The lowest BCUT2D eigenvalue weighted by Gasteiger charge is -2.21. The summed E-state index contributed by atoms with van der Waals surface area (Å²) < 4.78 is 15.9. The van der Waals surface area contributed by atoms with Gasteiger partial charge in [0.1, 0.15) is 23.0 Å². The van der Waals surface area contributed by atoms with Crippen LogP contribution in [-0.2, 0) is 4.79 Å².